The zero-order valence-corrected chi connectivity index (χ0v) is 18.1. The van der Waals surface area contributed by atoms with E-state index in [9.17, 15) is 17.2 Å². The fourth-order valence-electron chi connectivity index (χ4n) is 2.89. The summed E-state index contributed by atoms with van der Waals surface area (Å²) in [6.45, 7) is 1.75. The molecule has 0 fully saturated rings. The number of halogens is 2. The van der Waals surface area contributed by atoms with Gasteiger partial charge in [0.25, 0.3) is 10.0 Å². The minimum atomic E-state index is -4.08. The Bertz CT molecular complexity index is 1380. The Kier molecular flexibility index (Phi) is 6.13. The molecule has 0 atom stereocenters. The Morgan fingerprint density at radius 3 is 2.12 bits per heavy atom. The van der Waals surface area contributed by atoms with Crippen LogP contribution in [0, 0.1) is 18.6 Å². The van der Waals surface area contributed by atoms with Gasteiger partial charge in [0.1, 0.15) is 23.3 Å². The largest absolute Gasteiger partial charge is 0.340 e. The summed E-state index contributed by atoms with van der Waals surface area (Å²) in [7, 11) is -4.08. The number of hydrogen-bond acceptors (Lipinski definition) is 7. The van der Waals surface area contributed by atoms with Crippen LogP contribution in [0.5, 0.6) is 0 Å². The van der Waals surface area contributed by atoms with Gasteiger partial charge in [-0.05, 0) is 61.5 Å². The molecule has 2 heterocycles. The van der Waals surface area contributed by atoms with Crippen molar-refractivity contribution in [3.05, 3.63) is 90.4 Å². The van der Waals surface area contributed by atoms with Gasteiger partial charge in [0.15, 0.2) is 11.6 Å². The Labute approximate surface area is 188 Å². The molecule has 8 nitrogen and oxygen atoms in total. The van der Waals surface area contributed by atoms with E-state index < -0.39 is 21.7 Å². The van der Waals surface area contributed by atoms with Crippen molar-refractivity contribution < 1.29 is 17.2 Å². The smallest absolute Gasteiger partial charge is 0.261 e. The first-order valence-electron chi connectivity index (χ1n) is 9.67. The Morgan fingerprint density at radius 2 is 1.45 bits per heavy atom. The van der Waals surface area contributed by atoms with Crippen LogP contribution >= 0.6 is 0 Å². The second-order valence-corrected chi connectivity index (χ2v) is 8.59. The Hall–Kier alpha value is -4.12. The van der Waals surface area contributed by atoms with Gasteiger partial charge >= 0.3 is 0 Å². The second kappa shape index (κ2) is 9.17. The predicted molar refractivity (Wildman–Crippen MR) is 121 cm³/mol. The zero-order chi connectivity index (χ0) is 23.4. The van der Waals surface area contributed by atoms with Crippen LogP contribution in [-0.4, -0.2) is 23.4 Å². The topological polar surface area (TPSA) is 109 Å². The van der Waals surface area contributed by atoms with E-state index in [-0.39, 0.29) is 10.6 Å². The summed E-state index contributed by atoms with van der Waals surface area (Å²) in [5.41, 5.74) is 0.898. The predicted octanol–water partition coefficient (Wildman–Crippen LogP) is 4.75. The average Bonchev–Trinajstić information content (AvgIpc) is 2.77. The van der Waals surface area contributed by atoms with E-state index >= 15 is 0 Å². The summed E-state index contributed by atoms with van der Waals surface area (Å²) in [4.78, 5) is 12.5. The number of benzene rings is 2. The number of rotatable bonds is 7. The number of nitrogens with zero attached hydrogens (tertiary/aromatic N) is 3. The molecule has 0 amide bonds. The van der Waals surface area contributed by atoms with Crippen molar-refractivity contribution in [1.82, 2.24) is 15.0 Å². The Balaban J connectivity index is 1.47. The van der Waals surface area contributed by atoms with Gasteiger partial charge in [-0.2, -0.15) is 0 Å². The van der Waals surface area contributed by atoms with Crippen molar-refractivity contribution in [1.29, 1.82) is 0 Å². The van der Waals surface area contributed by atoms with Crippen LogP contribution in [0.25, 0.3) is 0 Å². The van der Waals surface area contributed by atoms with Crippen molar-refractivity contribution in [2.24, 2.45) is 0 Å². The lowest BCUT2D eigenvalue weighted by atomic mass is 10.3. The van der Waals surface area contributed by atoms with E-state index in [2.05, 4.69) is 30.3 Å². The maximum Gasteiger partial charge on any atom is 0.261 e. The van der Waals surface area contributed by atoms with Gasteiger partial charge in [0.05, 0.1) is 4.90 Å². The lowest BCUT2D eigenvalue weighted by Crippen LogP contribution is -2.13. The van der Waals surface area contributed by atoms with Gasteiger partial charge in [-0.1, -0.05) is 6.07 Å². The van der Waals surface area contributed by atoms with Crippen LogP contribution in [0.3, 0.4) is 0 Å². The second-order valence-electron chi connectivity index (χ2n) is 6.91. The molecule has 33 heavy (non-hydrogen) atoms. The highest BCUT2D eigenvalue weighted by atomic mass is 32.2. The lowest BCUT2D eigenvalue weighted by molar-refractivity contribution is 0.504. The summed E-state index contributed by atoms with van der Waals surface area (Å²) in [6, 6.07) is 15.9. The summed E-state index contributed by atoms with van der Waals surface area (Å²) in [5.74, 6) is -0.110. The molecule has 4 aromatic rings. The minimum absolute atomic E-state index is 0.252. The molecule has 0 radical (unpaired) electrons. The quantitative estimate of drug-likeness (QED) is 0.359. The molecule has 4 rings (SSSR count). The molecule has 0 saturated carbocycles. The highest BCUT2D eigenvalue weighted by molar-refractivity contribution is 7.92. The molecule has 0 aliphatic rings. The van der Waals surface area contributed by atoms with Crippen molar-refractivity contribution in [2.45, 2.75) is 11.8 Å². The molecule has 2 aromatic carbocycles. The van der Waals surface area contributed by atoms with Crippen LogP contribution in [0.4, 0.5) is 37.6 Å². The van der Waals surface area contributed by atoms with Gasteiger partial charge in [0, 0.05) is 23.6 Å². The molecule has 0 unspecified atom stereocenters. The van der Waals surface area contributed by atoms with E-state index in [4.69, 9.17) is 0 Å². The van der Waals surface area contributed by atoms with Crippen molar-refractivity contribution in [2.75, 3.05) is 15.4 Å². The SMILES string of the molecule is Cc1nc(Nc2ccc(NS(=O)(=O)c3ccc(F)c(F)c3)cc2)cc(Nc2ccccn2)n1. The van der Waals surface area contributed by atoms with Crippen molar-refractivity contribution >= 4 is 38.9 Å². The van der Waals surface area contributed by atoms with Crippen LogP contribution in [0.1, 0.15) is 5.82 Å². The van der Waals surface area contributed by atoms with E-state index in [0.29, 0.717) is 35.0 Å². The minimum Gasteiger partial charge on any atom is -0.340 e. The normalized spacial score (nSPS) is 11.1. The van der Waals surface area contributed by atoms with Crippen LogP contribution in [0.15, 0.2) is 77.8 Å². The van der Waals surface area contributed by atoms with E-state index in [0.717, 1.165) is 12.1 Å². The molecule has 3 N–H and O–H groups in total. The summed E-state index contributed by atoms with van der Waals surface area (Å²) >= 11 is 0. The average molecular weight is 468 g/mol. The number of nitrogens with one attached hydrogen (secondary N) is 3. The molecule has 11 heteroatoms. The standard InChI is InChI=1S/C22H18F2N6O2S/c1-14-26-21(13-22(27-14)29-20-4-2-3-11-25-20)28-15-5-7-16(8-6-15)30-33(31,32)17-9-10-18(23)19(24)12-17/h2-13,30H,1H3,(H2,25,26,27,28,29). The van der Waals surface area contributed by atoms with Crippen LogP contribution < -0.4 is 15.4 Å². The maximum absolute atomic E-state index is 13.4. The van der Waals surface area contributed by atoms with Gasteiger partial charge in [0.2, 0.25) is 0 Å². The van der Waals surface area contributed by atoms with Crippen LogP contribution in [-0.2, 0) is 10.0 Å². The van der Waals surface area contributed by atoms with E-state index in [1.54, 1.807) is 31.3 Å². The number of sulfonamides is 1. The van der Waals surface area contributed by atoms with Gasteiger partial charge in [-0.25, -0.2) is 32.2 Å². The van der Waals surface area contributed by atoms with E-state index in [1.807, 2.05) is 18.2 Å². The van der Waals surface area contributed by atoms with E-state index in [1.165, 1.54) is 12.1 Å². The summed E-state index contributed by atoms with van der Waals surface area (Å²) < 4.78 is 53.6. The fourth-order valence-corrected chi connectivity index (χ4v) is 3.96. The summed E-state index contributed by atoms with van der Waals surface area (Å²) in [6.07, 6.45) is 1.66. The first-order valence-corrected chi connectivity index (χ1v) is 11.2. The lowest BCUT2D eigenvalue weighted by Gasteiger charge is -2.11. The third-order valence-electron chi connectivity index (χ3n) is 4.37. The monoisotopic (exact) mass is 468 g/mol. The fraction of sp³-hybridized carbons (Fsp3) is 0.0455. The molecular weight excluding hydrogens is 450 g/mol. The molecule has 2 aromatic heterocycles. The van der Waals surface area contributed by atoms with Crippen molar-refractivity contribution in [3.8, 4) is 0 Å². The van der Waals surface area contributed by atoms with Gasteiger partial charge in [-0.3, -0.25) is 4.72 Å². The molecule has 0 saturated heterocycles. The third kappa shape index (κ3) is 5.57. The van der Waals surface area contributed by atoms with Gasteiger partial charge in [-0.15, -0.1) is 0 Å². The van der Waals surface area contributed by atoms with Gasteiger partial charge < -0.3 is 10.6 Å². The number of pyridine rings is 1. The highest BCUT2D eigenvalue weighted by Gasteiger charge is 2.16. The first-order chi connectivity index (χ1) is 15.8. The molecule has 0 aliphatic heterocycles. The number of aryl methyl sites for hydroxylation is 1. The van der Waals surface area contributed by atoms with Crippen LogP contribution in [0.2, 0.25) is 0 Å². The number of hydrogen-bond donors (Lipinski definition) is 3. The maximum atomic E-state index is 13.4. The molecule has 0 aliphatic carbocycles. The zero-order valence-electron chi connectivity index (χ0n) is 17.3. The third-order valence-corrected chi connectivity index (χ3v) is 5.75. The Morgan fingerprint density at radius 1 is 0.758 bits per heavy atom. The molecular formula is C22H18F2N6O2S. The summed E-state index contributed by atoms with van der Waals surface area (Å²) in [5, 5.41) is 6.23. The highest BCUT2D eigenvalue weighted by Crippen LogP contribution is 2.23. The van der Waals surface area contributed by atoms with Crippen molar-refractivity contribution in [3.63, 3.8) is 0 Å². The molecule has 0 spiro atoms. The first kappa shape index (κ1) is 22.1. The molecule has 168 valence electrons. The number of anilines is 5. The molecule has 0 bridgehead atoms. The number of aromatic nitrogens is 3.